The predicted octanol–water partition coefficient (Wildman–Crippen LogP) is 2.82. The summed E-state index contributed by atoms with van der Waals surface area (Å²) in [6.07, 6.45) is 1.00. The molecule has 3 nitrogen and oxygen atoms in total. The minimum Gasteiger partial charge on any atom is -0.479 e. The van der Waals surface area contributed by atoms with Crippen LogP contribution in [0.25, 0.3) is 0 Å². The minimum atomic E-state index is -1.74. The zero-order valence-electron chi connectivity index (χ0n) is 11.5. The second kappa shape index (κ2) is 5.53. The highest BCUT2D eigenvalue weighted by Crippen LogP contribution is 2.28. The van der Waals surface area contributed by atoms with Gasteiger partial charge in [0.2, 0.25) is 0 Å². The Morgan fingerprint density at radius 3 is 2.11 bits per heavy atom. The molecule has 0 aliphatic carbocycles. The average molecular weight is 250 g/mol. The third kappa shape index (κ3) is 3.33. The van der Waals surface area contributed by atoms with Gasteiger partial charge in [-0.2, -0.15) is 0 Å². The first-order chi connectivity index (χ1) is 8.25. The average Bonchev–Trinajstić information content (AvgIpc) is 2.28. The molecule has 0 aromatic heterocycles. The maximum Gasteiger partial charge on any atom is 0.336 e. The van der Waals surface area contributed by atoms with E-state index >= 15 is 0 Å². The lowest BCUT2D eigenvalue weighted by Crippen LogP contribution is -2.40. The zero-order valence-corrected chi connectivity index (χ0v) is 11.5. The summed E-state index contributed by atoms with van der Waals surface area (Å²) < 4.78 is 0. The van der Waals surface area contributed by atoms with E-state index in [0.29, 0.717) is 5.92 Å². The summed E-state index contributed by atoms with van der Waals surface area (Å²) in [6.45, 7) is 7.38. The number of carboxylic acids is 1. The van der Waals surface area contributed by atoms with Crippen LogP contribution in [0.1, 0.15) is 44.7 Å². The van der Waals surface area contributed by atoms with Crippen molar-refractivity contribution in [2.45, 2.75) is 45.6 Å². The molecule has 1 aromatic carbocycles. The van der Waals surface area contributed by atoms with Crippen molar-refractivity contribution >= 4 is 5.97 Å². The topological polar surface area (TPSA) is 57.5 Å². The van der Waals surface area contributed by atoms with Crippen molar-refractivity contribution in [3.63, 3.8) is 0 Å². The van der Waals surface area contributed by atoms with Crippen molar-refractivity contribution in [2.75, 3.05) is 0 Å². The van der Waals surface area contributed by atoms with E-state index in [2.05, 4.69) is 13.8 Å². The summed E-state index contributed by atoms with van der Waals surface area (Å²) >= 11 is 0. The van der Waals surface area contributed by atoms with Gasteiger partial charge < -0.3 is 10.2 Å². The van der Waals surface area contributed by atoms with E-state index in [1.807, 2.05) is 24.3 Å². The Kier molecular flexibility index (Phi) is 4.52. The van der Waals surface area contributed by atoms with Gasteiger partial charge in [-0.25, -0.2) is 4.79 Å². The van der Waals surface area contributed by atoms with E-state index in [-0.39, 0.29) is 0 Å². The number of carbonyl (C=O) groups is 1. The van der Waals surface area contributed by atoms with E-state index in [4.69, 9.17) is 5.11 Å². The third-order valence-corrected chi connectivity index (χ3v) is 3.40. The molecule has 2 atom stereocenters. The number of rotatable bonds is 5. The standard InChI is InChI=1S/C15H22O3/c1-10(2)9-12-5-7-13(8-6-12)11(3)15(4,18)14(16)17/h5-8,10-11,18H,9H2,1-4H3,(H,16,17). The Labute approximate surface area is 108 Å². The third-order valence-electron chi connectivity index (χ3n) is 3.40. The van der Waals surface area contributed by atoms with Crippen molar-refractivity contribution in [1.29, 1.82) is 0 Å². The van der Waals surface area contributed by atoms with Gasteiger partial charge in [0.1, 0.15) is 0 Å². The molecule has 1 aromatic rings. The molecule has 0 fully saturated rings. The lowest BCUT2D eigenvalue weighted by Gasteiger charge is -2.26. The molecule has 0 amide bonds. The molecule has 0 aliphatic rings. The second-order valence-electron chi connectivity index (χ2n) is 5.51. The molecule has 2 N–H and O–H groups in total. The van der Waals surface area contributed by atoms with Crippen LogP contribution in [-0.4, -0.2) is 21.8 Å². The molecule has 0 bridgehead atoms. The summed E-state index contributed by atoms with van der Waals surface area (Å²) in [7, 11) is 0. The van der Waals surface area contributed by atoms with Gasteiger partial charge in [0.15, 0.2) is 5.60 Å². The van der Waals surface area contributed by atoms with Gasteiger partial charge in [-0.1, -0.05) is 45.0 Å². The minimum absolute atomic E-state index is 0.442. The Bertz CT molecular complexity index is 404. The molecular weight excluding hydrogens is 228 g/mol. The summed E-state index contributed by atoms with van der Waals surface area (Å²) in [5.74, 6) is -1.04. The van der Waals surface area contributed by atoms with Crippen LogP contribution in [0.3, 0.4) is 0 Å². The van der Waals surface area contributed by atoms with E-state index in [1.165, 1.54) is 12.5 Å². The lowest BCUT2D eigenvalue weighted by molar-refractivity contribution is -0.158. The first kappa shape index (κ1) is 14.7. The van der Waals surface area contributed by atoms with E-state index < -0.39 is 17.5 Å². The summed E-state index contributed by atoms with van der Waals surface area (Å²) in [5, 5.41) is 18.9. The van der Waals surface area contributed by atoms with Crippen molar-refractivity contribution in [3.05, 3.63) is 35.4 Å². The van der Waals surface area contributed by atoms with Crippen LogP contribution in [0.5, 0.6) is 0 Å². The highest BCUT2D eigenvalue weighted by Gasteiger charge is 2.37. The van der Waals surface area contributed by atoms with E-state index in [9.17, 15) is 9.90 Å². The van der Waals surface area contributed by atoms with Gasteiger partial charge in [0.25, 0.3) is 0 Å². The number of benzene rings is 1. The highest BCUT2D eigenvalue weighted by molar-refractivity contribution is 5.78. The number of carboxylic acid groups (broad SMARTS) is 1. The van der Waals surface area contributed by atoms with Crippen LogP contribution in [0.15, 0.2) is 24.3 Å². The van der Waals surface area contributed by atoms with Crippen LogP contribution in [0, 0.1) is 5.92 Å². The molecule has 0 spiro atoms. The van der Waals surface area contributed by atoms with Crippen molar-refractivity contribution in [1.82, 2.24) is 0 Å². The van der Waals surface area contributed by atoms with Crippen molar-refractivity contribution < 1.29 is 15.0 Å². The molecule has 2 unspecified atom stereocenters. The fraction of sp³-hybridized carbons (Fsp3) is 0.533. The Morgan fingerprint density at radius 2 is 1.72 bits per heavy atom. The molecular formula is C15H22O3. The van der Waals surface area contributed by atoms with E-state index in [1.54, 1.807) is 6.92 Å². The van der Waals surface area contributed by atoms with Gasteiger partial charge in [-0.3, -0.25) is 0 Å². The Morgan fingerprint density at radius 1 is 1.22 bits per heavy atom. The van der Waals surface area contributed by atoms with Gasteiger partial charge in [0.05, 0.1) is 0 Å². The number of aliphatic hydroxyl groups is 1. The first-order valence-corrected chi connectivity index (χ1v) is 6.29. The SMILES string of the molecule is CC(C)Cc1ccc(C(C)C(C)(O)C(=O)O)cc1. The Balaban J connectivity index is 2.88. The maximum atomic E-state index is 11.0. The summed E-state index contributed by atoms with van der Waals surface area (Å²) in [4.78, 5) is 11.0. The molecule has 0 aliphatic heterocycles. The van der Waals surface area contributed by atoms with Crippen LogP contribution < -0.4 is 0 Å². The number of hydrogen-bond donors (Lipinski definition) is 2. The highest BCUT2D eigenvalue weighted by atomic mass is 16.4. The smallest absolute Gasteiger partial charge is 0.336 e. The van der Waals surface area contributed by atoms with Crippen LogP contribution in [0.2, 0.25) is 0 Å². The number of hydrogen-bond acceptors (Lipinski definition) is 2. The quantitative estimate of drug-likeness (QED) is 0.844. The van der Waals surface area contributed by atoms with Crippen molar-refractivity contribution in [3.8, 4) is 0 Å². The monoisotopic (exact) mass is 250 g/mol. The van der Waals surface area contributed by atoms with Gasteiger partial charge in [0, 0.05) is 5.92 Å². The predicted molar refractivity (Wildman–Crippen MR) is 71.7 cm³/mol. The second-order valence-corrected chi connectivity index (χ2v) is 5.51. The Hall–Kier alpha value is -1.35. The normalized spacial score (nSPS) is 16.3. The fourth-order valence-electron chi connectivity index (χ4n) is 1.92. The van der Waals surface area contributed by atoms with Gasteiger partial charge >= 0.3 is 5.97 Å². The number of aliphatic carboxylic acids is 1. The zero-order chi connectivity index (χ0) is 13.9. The van der Waals surface area contributed by atoms with E-state index in [0.717, 1.165) is 12.0 Å². The largest absolute Gasteiger partial charge is 0.479 e. The summed E-state index contributed by atoms with van der Waals surface area (Å²) in [6, 6.07) is 7.81. The molecule has 0 heterocycles. The maximum absolute atomic E-state index is 11.0. The molecule has 0 radical (unpaired) electrons. The molecule has 100 valence electrons. The van der Waals surface area contributed by atoms with Gasteiger partial charge in [-0.05, 0) is 30.4 Å². The van der Waals surface area contributed by atoms with Gasteiger partial charge in [-0.15, -0.1) is 0 Å². The fourth-order valence-corrected chi connectivity index (χ4v) is 1.92. The molecule has 0 saturated carbocycles. The molecule has 1 rings (SSSR count). The van der Waals surface area contributed by atoms with Crippen LogP contribution >= 0.6 is 0 Å². The van der Waals surface area contributed by atoms with Crippen molar-refractivity contribution in [2.24, 2.45) is 5.92 Å². The molecule has 18 heavy (non-hydrogen) atoms. The first-order valence-electron chi connectivity index (χ1n) is 6.29. The van der Waals surface area contributed by atoms with Crippen LogP contribution in [0.4, 0.5) is 0 Å². The lowest BCUT2D eigenvalue weighted by atomic mass is 9.84. The summed E-state index contributed by atoms with van der Waals surface area (Å²) in [5.41, 5.74) is 0.338. The van der Waals surface area contributed by atoms with Crippen LogP contribution in [-0.2, 0) is 11.2 Å². The molecule has 3 heteroatoms. The molecule has 0 saturated heterocycles.